The lowest BCUT2D eigenvalue weighted by molar-refractivity contribution is -0.118. The van der Waals surface area contributed by atoms with Gasteiger partial charge in [0.05, 0.1) is 5.51 Å². The number of benzene rings is 1. The molecule has 2 bridgehead atoms. The summed E-state index contributed by atoms with van der Waals surface area (Å²) in [5.41, 5.74) is 4.16. The molecular formula is C23H30N4O2S. The summed E-state index contributed by atoms with van der Waals surface area (Å²) in [6.45, 7) is 3.79. The zero-order chi connectivity index (χ0) is 21.1. The Balaban J connectivity index is 1.75. The largest absolute Gasteiger partial charge is 0.331 e. The average molecular weight is 427 g/mol. The van der Waals surface area contributed by atoms with E-state index in [9.17, 15) is 9.59 Å². The fraction of sp³-hybridized carbons (Fsp3) is 0.522. The van der Waals surface area contributed by atoms with Gasteiger partial charge in [-0.1, -0.05) is 31.5 Å². The van der Waals surface area contributed by atoms with Gasteiger partial charge in [-0.3, -0.25) is 14.5 Å². The molecule has 2 aliphatic heterocycles. The number of thiazole rings is 1. The van der Waals surface area contributed by atoms with E-state index in [-0.39, 0.29) is 11.8 Å². The van der Waals surface area contributed by atoms with Gasteiger partial charge < -0.3 is 9.80 Å². The number of aromatic nitrogens is 1. The minimum absolute atomic E-state index is 0.0332. The third kappa shape index (κ3) is 4.27. The van der Waals surface area contributed by atoms with Crippen LogP contribution >= 0.6 is 11.3 Å². The maximum Gasteiger partial charge on any atom is 0.273 e. The molecule has 7 heteroatoms. The molecule has 0 spiro atoms. The zero-order valence-corrected chi connectivity index (χ0v) is 18.6. The molecule has 0 N–H and O–H groups in total. The van der Waals surface area contributed by atoms with Gasteiger partial charge in [0.2, 0.25) is 5.91 Å². The van der Waals surface area contributed by atoms with Crippen LogP contribution in [0.3, 0.4) is 0 Å². The van der Waals surface area contributed by atoms with Crippen LogP contribution in [0.1, 0.15) is 55.1 Å². The third-order valence-corrected chi connectivity index (χ3v) is 7.12. The Bertz CT molecular complexity index is 885. The summed E-state index contributed by atoms with van der Waals surface area (Å²) in [5, 5.41) is 1.82. The Kier molecular flexibility index (Phi) is 6.49. The summed E-state index contributed by atoms with van der Waals surface area (Å²) in [5.74, 6) is 0.100. The molecule has 2 atom stereocenters. The van der Waals surface area contributed by atoms with Gasteiger partial charge in [-0.2, -0.15) is 0 Å². The smallest absolute Gasteiger partial charge is 0.273 e. The first kappa shape index (κ1) is 21.0. The molecule has 3 heterocycles. The number of para-hydroxylation sites is 1. The van der Waals surface area contributed by atoms with Crippen molar-refractivity contribution in [2.75, 3.05) is 25.0 Å². The van der Waals surface area contributed by atoms with Gasteiger partial charge in [0.15, 0.2) is 0 Å². The predicted octanol–water partition coefficient (Wildman–Crippen LogP) is 3.79. The van der Waals surface area contributed by atoms with Crippen molar-refractivity contribution in [1.29, 1.82) is 0 Å². The van der Waals surface area contributed by atoms with Crippen LogP contribution in [0, 0.1) is 0 Å². The van der Waals surface area contributed by atoms with Crippen LogP contribution in [0.2, 0.25) is 0 Å². The first-order valence-corrected chi connectivity index (χ1v) is 11.8. The lowest BCUT2D eigenvalue weighted by Crippen LogP contribution is -2.50. The van der Waals surface area contributed by atoms with Gasteiger partial charge in [-0.05, 0) is 37.9 Å². The van der Waals surface area contributed by atoms with Crippen molar-refractivity contribution in [3.05, 3.63) is 46.4 Å². The van der Waals surface area contributed by atoms with E-state index >= 15 is 0 Å². The summed E-state index contributed by atoms with van der Waals surface area (Å²) < 4.78 is 0. The van der Waals surface area contributed by atoms with Crippen LogP contribution in [0.4, 0.5) is 5.69 Å². The van der Waals surface area contributed by atoms with E-state index in [4.69, 9.17) is 0 Å². The van der Waals surface area contributed by atoms with Crippen molar-refractivity contribution in [2.45, 2.75) is 57.7 Å². The van der Waals surface area contributed by atoms with E-state index in [0.29, 0.717) is 43.8 Å². The first-order valence-electron chi connectivity index (χ1n) is 10.9. The van der Waals surface area contributed by atoms with Crippen LogP contribution < -0.4 is 4.90 Å². The molecule has 1 aromatic carbocycles. The van der Waals surface area contributed by atoms with E-state index in [1.54, 1.807) is 5.51 Å². The van der Waals surface area contributed by atoms with Crippen LogP contribution in [0.5, 0.6) is 0 Å². The monoisotopic (exact) mass is 426 g/mol. The van der Waals surface area contributed by atoms with Crippen molar-refractivity contribution < 1.29 is 9.59 Å². The van der Waals surface area contributed by atoms with Crippen molar-refractivity contribution in [1.82, 2.24) is 14.8 Å². The molecule has 1 aromatic heterocycles. The Morgan fingerprint density at radius 1 is 1.17 bits per heavy atom. The number of carbonyl (C=O) groups excluding carboxylic acids is 2. The Morgan fingerprint density at radius 2 is 1.97 bits per heavy atom. The lowest BCUT2D eigenvalue weighted by atomic mass is 9.93. The molecule has 1 fully saturated rings. The molecule has 2 aliphatic rings. The highest BCUT2D eigenvalue weighted by Crippen LogP contribution is 2.30. The summed E-state index contributed by atoms with van der Waals surface area (Å²) in [4.78, 5) is 36.8. The number of anilines is 1. The van der Waals surface area contributed by atoms with E-state index < -0.39 is 0 Å². The topological polar surface area (TPSA) is 56.8 Å². The summed E-state index contributed by atoms with van der Waals surface area (Å²) >= 11 is 1.44. The fourth-order valence-corrected chi connectivity index (χ4v) is 5.30. The highest BCUT2D eigenvalue weighted by atomic mass is 32.1. The summed E-state index contributed by atoms with van der Waals surface area (Å²) in [7, 11) is 2.18. The lowest BCUT2D eigenvalue weighted by Gasteiger charge is -2.41. The molecule has 2 aromatic rings. The van der Waals surface area contributed by atoms with Crippen molar-refractivity contribution in [2.24, 2.45) is 0 Å². The third-order valence-electron chi connectivity index (χ3n) is 6.53. The molecule has 2 unspecified atom stereocenters. The minimum Gasteiger partial charge on any atom is -0.331 e. The van der Waals surface area contributed by atoms with Crippen LogP contribution in [0.25, 0.3) is 0 Å². The number of fused-ring (bicyclic) bond motifs is 3. The Morgan fingerprint density at radius 3 is 2.73 bits per heavy atom. The molecular weight excluding hydrogens is 396 g/mol. The second-order valence-corrected chi connectivity index (χ2v) is 9.00. The molecule has 0 aliphatic carbocycles. The second-order valence-electron chi connectivity index (χ2n) is 8.28. The van der Waals surface area contributed by atoms with Gasteiger partial charge in [0.1, 0.15) is 5.69 Å². The molecule has 0 radical (unpaired) electrons. The van der Waals surface area contributed by atoms with Gasteiger partial charge in [0, 0.05) is 49.2 Å². The highest BCUT2D eigenvalue weighted by molar-refractivity contribution is 7.07. The van der Waals surface area contributed by atoms with Gasteiger partial charge >= 0.3 is 0 Å². The number of hydrogen-bond donors (Lipinski definition) is 0. The van der Waals surface area contributed by atoms with Crippen molar-refractivity contribution in [3.8, 4) is 0 Å². The normalized spacial score (nSPS) is 22.9. The standard InChI is InChI=1S/C23H30N4O2S/c1-3-22(28)27-12-11-18-8-6-9-19(25(18)2)14-26(23(29)20-15-30-16-24-20)13-17-7-4-5-10-21(17)27/h4-5,7,10,15-16,18-19H,3,6,8-9,11-14H2,1-2H3. The number of carbonyl (C=O) groups is 2. The van der Waals surface area contributed by atoms with Crippen molar-refractivity contribution in [3.63, 3.8) is 0 Å². The highest BCUT2D eigenvalue weighted by Gasteiger charge is 2.33. The van der Waals surface area contributed by atoms with E-state index in [1.807, 2.05) is 46.4 Å². The van der Waals surface area contributed by atoms with Gasteiger partial charge in [-0.25, -0.2) is 4.98 Å². The SMILES string of the molecule is CCC(=O)N1CCC2CCCC(CN(C(=O)c3cscn3)Cc3ccccc31)N2C. The maximum atomic E-state index is 13.3. The quantitative estimate of drug-likeness (QED) is 0.733. The second kappa shape index (κ2) is 9.27. The average Bonchev–Trinajstić information content (AvgIpc) is 3.30. The van der Waals surface area contributed by atoms with Crippen LogP contribution in [-0.2, 0) is 11.3 Å². The predicted molar refractivity (Wildman–Crippen MR) is 120 cm³/mol. The maximum absolute atomic E-state index is 13.3. The number of likely N-dealkylation sites (N-methyl/N-ethyl adjacent to an activating group) is 1. The molecule has 30 heavy (non-hydrogen) atoms. The molecule has 6 nitrogen and oxygen atoms in total. The number of nitrogens with zero attached hydrogens (tertiary/aromatic N) is 4. The number of rotatable bonds is 2. The molecule has 4 rings (SSSR count). The van der Waals surface area contributed by atoms with E-state index in [1.165, 1.54) is 11.3 Å². The van der Waals surface area contributed by atoms with Crippen molar-refractivity contribution >= 4 is 28.8 Å². The molecule has 160 valence electrons. The first-order chi connectivity index (χ1) is 14.6. The minimum atomic E-state index is -0.0332. The molecule has 2 amide bonds. The van der Waals surface area contributed by atoms with Crippen LogP contribution in [-0.4, -0.2) is 58.8 Å². The Hall–Kier alpha value is -2.25. The fourth-order valence-electron chi connectivity index (χ4n) is 4.78. The molecule has 1 saturated heterocycles. The van der Waals surface area contributed by atoms with Gasteiger partial charge in [0.25, 0.3) is 5.91 Å². The number of amides is 2. The van der Waals surface area contributed by atoms with Gasteiger partial charge in [-0.15, -0.1) is 11.3 Å². The number of piperidine rings is 1. The van der Waals surface area contributed by atoms with E-state index in [0.717, 1.165) is 36.9 Å². The number of hydrogen-bond acceptors (Lipinski definition) is 5. The van der Waals surface area contributed by atoms with E-state index in [2.05, 4.69) is 16.9 Å². The summed E-state index contributed by atoms with van der Waals surface area (Å²) in [6.07, 6.45) is 4.81. The Labute approximate surface area is 182 Å². The zero-order valence-electron chi connectivity index (χ0n) is 17.8. The summed E-state index contributed by atoms with van der Waals surface area (Å²) in [6, 6.07) is 8.78. The van der Waals surface area contributed by atoms with Crippen LogP contribution in [0.15, 0.2) is 35.2 Å². The molecule has 0 saturated carbocycles.